The number of hydrogen-bond donors (Lipinski definition) is 3. The Morgan fingerprint density at radius 2 is 1.40 bits per heavy atom. The van der Waals surface area contributed by atoms with Crippen LogP contribution in [0.15, 0.2) is 35.4 Å². The molecule has 0 aliphatic carbocycles. The van der Waals surface area contributed by atoms with Gasteiger partial charge in [-0.25, -0.2) is 9.59 Å². The number of carbonyl (C=O) groups is 2. The van der Waals surface area contributed by atoms with E-state index >= 15 is 0 Å². The quantitative estimate of drug-likeness (QED) is 0.544. The van der Waals surface area contributed by atoms with Crippen LogP contribution in [0.2, 0.25) is 0 Å². The van der Waals surface area contributed by atoms with E-state index in [1.807, 2.05) is 0 Å². The number of hydrogen-bond acceptors (Lipinski definition) is 3. The molecule has 0 aliphatic heterocycles. The molecule has 0 heterocycles. The Morgan fingerprint density at radius 1 is 0.950 bits per heavy atom. The predicted octanol–water partition coefficient (Wildman–Crippen LogP) is 0.513. The van der Waals surface area contributed by atoms with Gasteiger partial charge in [0.1, 0.15) is 5.75 Å². The Morgan fingerprint density at radius 3 is 1.75 bits per heavy atom. The van der Waals surface area contributed by atoms with Crippen molar-refractivity contribution in [2.45, 2.75) is 19.8 Å². The van der Waals surface area contributed by atoms with Gasteiger partial charge in [-0.3, -0.25) is 0 Å². The van der Waals surface area contributed by atoms with Crippen molar-refractivity contribution in [3.8, 4) is 5.75 Å². The van der Waals surface area contributed by atoms with Gasteiger partial charge in [-0.2, -0.15) is 0 Å². The molecule has 100 valence electrons. The molecule has 0 aliphatic rings. The summed E-state index contributed by atoms with van der Waals surface area (Å²) in [5.74, 6) is -2.37. The predicted molar refractivity (Wildman–Crippen MR) is 78.7 cm³/mol. The minimum absolute atomic E-state index is 0. The molecule has 0 amide bonds. The molecule has 3 N–H and O–H groups in total. The molecule has 0 aromatic heterocycles. The van der Waals surface area contributed by atoms with Gasteiger partial charge in [-0.15, -0.1) is 0 Å². The first kappa shape index (κ1) is 22.0. The molecule has 0 bridgehead atoms. The van der Waals surface area contributed by atoms with Crippen molar-refractivity contribution in [2.75, 3.05) is 0 Å². The van der Waals surface area contributed by atoms with Crippen molar-refractivity contribution >= 4 is 71.1 Å². The van der Waals surface area contributed by atoms with E-state index in [2.05, 4.69) is 0 Å². The van der Waals surface area contributed by atoms with Crippen LogP contribution in [-0.2, 0) is 16.0 Å². The maximum atomic E-state index is 11.1. The van der Waals surface area contributed by atoms with Crippen molar-refractivity contribution in [3.05, 3.63) is 41.0 Å². The van der Waals surface area contributed by atoms with E-state index in [0.717, 1.165) is 0 Å². The zero-order valence-electron chi connectivity index (χ0n) is 9.88. The molecule has 1 aromatic rings. The number of phenolic OH excluding ortho intramolecular Hbond substituents is 1. The summed E-state index contributed by atoms with van der Waals surface area (Å²) in [6.45, 7) is 1.60. The minimum atomic E-state index is -1.23. The first-order valence-electron chi connectivity index (χ1n) is 5.42. The molecule has 0 saturated heterocycles. The normalized spacial score (nSPS) is 10.7. The third-order valence-electron chi connectivity index (χ3n) is 2.55. The van der Waals surface area contributed by atoms with Crippen LogP contribution in [0, 0.1) is 0 Å². The van der Waals surface area contributed by atoms with Crippen LogP contribution in [-0.4, -0.2) is 86.4 Å². The van der Waals surface area contributed by atoms with E-state index < -0.39 is 11.9 Å². The van der Waals surface area contributed by atoms with Crippen molar-refractivity contribution in [1.82, 2.24) is 0 Å². The average molecular weight is 298 g/mol. The second kappa shape index (κ2) is 10.4. The Balaban J connectivity index is 0. The number of carboxylic acids is 2. The Hall–Kier alpha value is -0.300. The van der Waals surface area contributed by atoms with Gasteiger partial charge in [0.25, 0.3) is 0 Å². The third kappa shape index (κ3) is 6.43. The van der Waals surface area contributed by atoms with E-state index in [-0.39, 0.29) is 88.9 Å². The summed E-state index contributed by atoms with van der Waals surface area (Å²) in [5, 5.41) is 27.1. The number of phenols is 1. The Labute approximate surface area is 161 Å². The van der Waals surface area contributed by atoms with Crippen molar-refractivity contribution in [2.24, 2.45) is 0 Å². The standard InChI is InChI=1S/C13H14O5.2Na.2H/c1-2-10(12(15)16)11(13(17)18)7-8-3-5-9(14)6-4-8;;;;/h3-6,14H,2,7H2,1H3,(H,15,16)(H,17,18);;;;/b11-10-;;;;. The summed E-state index contributed by atoms with van der Waals surface area (Å²) in [6, 6.07) is 5.99. The zero-order valence-corrected chi connectivity index (χ0v) is 9.88. The topological polar surface area (TPSA) is 94.8 Å². The molecule has 5 nitrogen and oxygen atoms in total. The van der Waals surface area contributed by atoms with Crippen LogP contribution >= 0.6 is 0 Å². The van der Waals surface area contributed by atoms with E-state index in [0.29, 0.717) is 5.56 Å². The van der Waals surface area contributed by atoms with Gasteiger partial charge in [-0.1, -0.05) is 19.1 Å². The van der Waals surface area contributed by atoms with Crippen LogP contribution in [0.1, 0.15) is 18.9 Å². The molecule has 20 heavy (non-hydrogen) atoms. The second-order valence-corrected chi connectivity index (χ2v) is 3.76. The summed E-state index contributed by atoms with van der Waals surface area (Å²) >= 11 is 0. The first-order chi connectivity index (χ1) is 8.45. The Bertz CT molecular complexity index is 494. The molecular weight excluding hydrogens is 282 g/mol. The summed E-state index contributed by atoms with van der Waals surface area (Å²) in [4.78, 5) is 22.1. The summed E-state index contributed by atoms with van der Waals surface area (Å²) in [5.41, 5.74) is 0.406. The monoisotopic (exact) mass is 298 g/mol. The molecule has 0 fully saturated rings. The number of benzene rings is 1. The van der Waals surface area contributed by atoms with Gasteiger partial charge in [0.2, 0.25) is 0 Å². The van der Waals surface area contributed by atoms with Gasteiger partial charge in [0, 0.05) is 12.0 Å². The summed E-state index contributed by atoms with van der Waals surface area (Å²) in [7, 11) is 0. The Kier molecular flexibility index (Phi) is 11.5. The molecule has 0 unspecified atom stereocenters. The molecule has 0 radical (unpaired) electrons. The molecule has 1 aromatic carbocycles. The fourth-order valence-corrected chi connectivity index (χ4v) is 1.62. The zero-order chi connectivity index (χ0) is 13.7. The van der Waals surface area contributed by atoms with Crippen molar-refractivity contribution < 1.29 is 24.9 Å². The fourth-order valence-electron chi connectivity index (χ4n) is 1.62. The van der Waals surface area contributed by atoms with Gasteiger partial charge in [0.15, 0.2) is 0 Å². The molecular formula is C13H16Na2O5. The molecule has 0 saturated carbocycles. The number of carboxylic acid groups (broad SMARTS) is 2. The van der Waals surface area contributed by atoms with E-state index in [1.165, 1.54) is 12.1 Å². The van der Waals surface area contributed by atoms with Crippen LogP contribution < -0.4 is 0 Å². The fraction of sp³-hybridized carbons (Fsp3) is 0.231. The average Bonchev–Trinajstić information content (AvgIpc) is 2.30. The van der Waals surface area contributed by atoms with Crippen LogP contribution in [0.25, 0.3) is 0 Å². The maximum absolute atomic E-state index is 11.1. The molecule has 0 spiro atoms. The van der Waals surface area contributed by atoms with Crippen LogP contribution in [0.5, 0.6) is 5.75 Å². The van der Waals surface area contributed by atoms with E-state index in [4.69, 9.17) is 15.3 Å². The van der Waals surface area contributed by atoms with E-state index in [9.17, 15) is 9.59 Å². The van der Waals surface area contributed by atoms with Crippen molar-refractivity contribution in [1.29, 1.82) is 0 Å². The van der Waals surface area contributed by atoms with Crippen LogP contribution in [0.3, 0.4) is 0 Å². The number of rotatable bonds is 5. The van der Waals surface area contributed by atoms with Gasteiger partial charge < -0.3 is 15.3 Å². The van der Waals surface area contributed by atoms with Crippen LogP contribution in [0.4, 0.5) is 0 Å². The van der Waals surface area contributed by atoms with Gasteiger partial charge in [0.05, 0.1) is 5.57 Å². The number of aliphatic carboxylic acids is 2. The molecule has 7 heteroatoms. The third-order valence-corrected chi connectivity index (χ3v) is 2.55. The van der Waals surface area contributed by atoms with Gasteiger partial charge in [-0.05, 0) is 24.1 Å². The van der Waals surface area contributed by atoms with Crippen molar-refractivity contribution in [3.63, 3.8) is 0 Å². The second-order valence-electron chi connectivity index (χ2n) is 3.76. The summed E-state index contributed by atoms with van der Waals surface area (Å²) < 4.78 is 0. The number of aromatic hydroxyl groups is 1. The van der Waals surface area contributed by atoms with Gasteiger partial charge >= 0.3 is 71.1 Å². The molecule has 0 atom stereocenters. The first-order valence-corrected chi connectivity index (χ1v) is 5.42. The molecule has 1 rings (SSSR count). The van der Waals surface area contributed by atoms with E-state index in [1.54, 1.807) is 19.1 Å². The summed E-state index contributed by atoms with van der Waals surface area (Å²) in [6.07, 6.45) is 0.167. The SMILES string of the molecule is CC/C(C(=O)O)=C(\Cc1ccc(O)cc1)C(=O)O.[NaH].[NaH].